The van der Waals surface area contributed by atoms with Crippen molar-refractivity contribution in [2.45, 2.75) is 206 Å². The van der Waals surface area contributed by atoms with Gasteiger partial charge in [0.1, 0.15) is 23.9 Å². The van der Waals surface area contributed by atoms with E-state index in [9.17, 15) is 45.6 Å². The maximum Gasteiger partial charge on any atom is 0.306 e. The highest BCUT2D eigenvalue weighted by Gasteiger charge is 2.78. The first-order valence-electron chi connectivity index (χ1n) is 30.0. The number of fused-ring (bicyclic) bond motifs is 11. The molecule has 3 aliphatic heterocycles. The van der Waals surface area contributed by atoms with Crippen molar-refractivity contribution in [1.29, 1.82) is 0 Å². The summed E-state index contributed by atoms with van der Waals surface area (Å²) in [5.74, 6) is -1.63. The highest BCUT2D eigenvalue weighted by atomic mass is 33.1. The molecule has 1 aromatic carbocycles. The van der Waals surface area contributed by atoms with Gasteiger partial charge in [0.2, 0.25) is 12.0 Å². The molecule has 18 atom stereocenters. The van der Waals surface area contributed by atoms with Crippen LogP contribution in [0.4, 0.5) is 0 Å². The lowest BCUT2D eigenvalue weighted by molar-refractivity contribution is -0.424. The van der Waals surface area contributed by atoms with Gasteiger partial charge in [-0.2, -0.15) is 0 Å². The first-order valence-corrected chi connectivity index (χ1v) is 32.3. The minimum absolute atomic E-state index is 0.000965. The molecule has 2 aromatic rings. The van der Waals surface area contributed by atoms with Gasteiger partial charge in [0.25, 0.3) is 0 Å². The molecule has 1 aromatic heterocycles. The van der Waals surface area contributed by atoms with Crippen molar-refractivity contribution < 1.29 is 69.0 Å². The van der Waals surface area contributed by atoms with Crippen LogP contribution in [0.15, 0.2) is 35.0 Å². The van der Waals surface area contributed by atoms with Gasteiger partial charge in [-0.05, 0) is 176 Å². The average Bonchev–Trinajstić information content (AvgIpc) is 2.37. The minimum Gasteiger partial charge on any atom is -0.485 e. The molecule has 0 amide bonds. The summed E-state index contributed by atoms with van der Waals surface area (Å²) in [5, 5.41) is 107. The standard InChI is InChI=1S/C60H92N2O14S2/c1-4-72-48(67)17-14-40-30-41-20-28-73-50(41)52-51(40)75-54-60(71)49-42(13-15-44(65)43(49)35-64)33-58(70,53(60)68)59(76-54)36-77-78-57(46(62-26-29-74-52)16-12-37(2)8-5-11-47(59)66)25-24-55(22-18-39(31-55)34-61-3)45(57)19-23-56(69)21-6-9-38(32-56)10-7-27-63/h13,15,20,28,30,37-39,42-47,49,53-54,61-66,68-71H,4-12,14,16-19,21-27,29,31-36H2,1-3H3/t37-,38+,39-,42+,43+,44-,45+,46+,47-,49+,53+,54-,55+,56+,57+,58+,59-,60-/m1/s1. The SMILES string of the molecule is CCOC(=O)CCc1cc2ccoc2c2c1O[C@@H]1O[C@@]3(CSS[C@]4(CC[C@]5(CC[C@@H](CNC)C5)[C@@H]4CC[C@@]4(O)CCC[C@@H](CCCO)C4)[C@H](CC[C@H](C)CCC[C@H]3O)NCCO2)[C@]2(O)C[C@@H]3C=C[C@@H](O)[C@H](CO)[C@H]3[C@@]1(O)[C@H]2O. The van der Waals surface area contributed by atoms with Crippen molar-refractivity contribution >= 4 is 38.5 Å². The third kappa shape index (κ3) is 10.8. The molecule has 78 heavy (non-hydrogen) atoms. The van der Waals surface area contributed by atoms with Crippen LogP contribution in [0.25, 0.3) is 11.0 Å². The van der Waals surface area contributed by atoms with E-state index in [0.29, 0.717) is 47.8 Å². The predicted octanol–water partition coefficient (Wildman–Crippen LogP) is 6.72. The second kappa shape index (κ2) is 24.2. The molecule has 6 fully saturated rings. The monoisotopic (exact) mass is 1130 g/mol. The Bertz CT molecular complexity index is 2400. The number of esters is 1. The van der Waals surface area contributed by atoms with Gasteiger partial charge in [-0.1, -0.05) is 66.3 Å². The van der Waals surface area contributed by atoms with Gasteiger partial charge in [0.05, 0.1) is 30.7 Å². The number of carbonyl (C=O) groups excluding carboxylic acids is 1. The number of aliphatic hydroxyl groups excluding tert-OH is 5. The number of rotatable bonds is 13. The number of hydrogen-bond acceptors (Lipinski definition) is 18. The number of hydrogen-bond donors (Lipinski definition) is 10. The molecule has 18 heteroatoms. The van der Waals surface area contributed by atoms with Crippen LogP contribution >= 0.6 is 21.6 Å². The molecule has 3 spiro atoms. The van der Waals surface area contributed by atoms with Gasteiger partial charge >= 0.3 is 5.97 Å². The first-order chi connectivity index (χ1) is 37.5. The lowest BCUT2D eigenvalue weighted by Gasteiger charge is -2.67. The highest BCUT2D eigenvalue weighted by molar-refractivity contribution is 8.77. The number of ether oxygens (including phenoxy) is 4. The first kappa shape index (κ1) is 59.0. The van der Waals surface area contributed by atoms with Crippen molar-refractivity contribution in [1.82, 2.24) is 10.6 Å². The van der Waals surface area contributed by atoms with Crippen LogP contribution in [0.3, 0.4) is 0 Å². The molecule has 5 aliphatic carbocycles. The second-order valence-electron chi connectivity index (χ2n) is 25.6. The van der Waals surface area contributed by atoms with Crippen LogP contribution in [0.1, 0.15) is 148 Å². The van der Waals surface area contributed by atoms with Gasteiger partial charge in [-0.25, -0.2) is 0 Å². The zero-order valence-corrected chi connectivity index (χ0v) is 48.1. The molecule has 438 valence electrons. The molecule has 4 heterocycles. The summed E-state index contributed by atoms with van der Waals surface area (Å²) in [6.07, 6.45) is 13.7. The fourth-order valence-electron chi connectivity index (χ4n) is 17.2. The number of furan rings is 1. The summed E-state index contributed by atoms with van der Waals surface area (Å²) in [5.41, 5.74) is -6.72. The van der Waals surface area contributed by atoms with E-state index in [-0.39, 0.29) is 86.0 Å². The lowest BCUT2D eigenvalue weighted by atomic mass is 9.50. The normalized spacial score (nSPS) is 43.0. The summed E-state index contributed by atoms with van der Waals surface area (Å²) in [6, 6.07) is 3.61. The fourth-order valence-corrected chi connectivity index (χ4v) is 21.5. The third-order valence-electron chi connectivity index (χ3n) is 21.0. The van der Waals surface area contributed by atoms with Crippen LogP contribution < -0.4 is 20.1 Å². The maximum absolute atomic E-state index is 13.8. The van der Waals surface area contributed by atoms with Crippen molar-refractivity contribution in [2.24, 2.45) is 46.8 Å². The van der Waals surface area contributed by atoms with Crippen molar-refractivity contribution in [3.05, 3.63) is 36.1 Å². The van der Waals surface area contributed by atoms with Gasteiger partial charge in [0.15, 0.2) is 16.9 Å². The molecular weight excluding hydrogens is 1040 g/mol. The van der Waals surface area contributed by atoms with Crippen LogP contribution in [0.5, 0.6) is 11.5 Å². The second-order valence-corrected chi connectivity index (χ2v) is 28.2. The molecule has 0 radical (unpaired) electrons. The van der Waals surface area contributed by atoms with E-state index in [1.54, 1.807) is 42.2 Å². The topological polar surface area (TPSA) is 253 Å². The highest BCUT2D eigenvalue weighted by Crippen LogP contribution is 2.69. The molecule has 10 rings (SSSR count). The Morgan fingerprint density at radius 1 is 0.936 bits per heavy atom. The van der Waals surface area contributed by atoms with E-state index in [0.717, 1.165) is 103 Å². The number of nitrogens with one attached hydrogen (secondary N) is 2. The van der Waals surface area contributed by atoms with Crippen molar-refractivity contribution in [3.63, 3.8) is 0 Å². The summed E-state index contributed by atoms with van der Waals surface area (Å²) in [7, 11) is 5.41. The number of allylic oxidation sites excluding steroid dienone is 1. The summed E-state index contributed by atoms with van der Waals surface area (Å²) >= 11 is 0. The average molecular weight is 1130 g/mol. The Kier molecular flexibility index (Phi) is 18.3. The third-order valence-corrected chi connectivity index (χ3v) is 24.4. The number of carbonyl (C=O) groups is 1. The number of aryl methyl sites for hydroxylation is 1. The van der Waals surface area contributed by atoms with E-state index in [4.69, 9.17) is 23.4 Å². The Morgan fingerprint density at radius 3 is 2.58 bits per heavy atom. The van der Waals surface area contributed by atoms with Crippen LogP contribution in [-0.2, 0) is 20.7 Å². The van der Waals surface area contributed by atoms with Gasteiger partial charge in [0, 0.05) is 59.9 Å². The number of aliphatic hydroxyl groups is 8. The molecular formula is C60H92N2O14S2. The van der Waals surface area contributed by atoms with Gasteiger partial charge in [-0.15, -0.1) is 0 Å². The fraction of sp³-hybridized carbons (Fsp3) is 0.817. The van der Waals surface area contributed by atoms with Gasteiger partial charge in [-0.3, -0.25) is 4.79 Å². The molecule has 0 unspecified atom stereocenters. The quantitative estimate of drug-likeness (QED) is 0.0568. The molecule has 2 saturated heterocycles. The Labute approximate surface area is 469 Å². The predicted molar refractivity (Wildman–Crippen MR) is 300 cm³/mol. The van der Waals surface area contributed by atoms with Crippen molar-refractivity contribution in [2.75, 3.05) is 52.3 Å². The minimum atomic E-state index is -2.50. The van der Waals surface area contributed by atoms with Crippen LogP contribution in [-0.4, -0.2) is 157 Å². The van der Waals surface area contributed by atoms with E-state index in [1.807, 2.05) is 23.9 Å². The Balaban J connectivity index is 1.14. The lowest BCUT2D eigenvalue weighted by Crippen LogP contribution is -2.86. The largest absolute Gasteiger partial charge is 0.485 e. The van der Waals surface area contributed by atoms with Gasteiger partial charge < -0.3 is 74.9 Å². The van der Waals surface area contributed by atoms with E-state index in [1.165, 1.54) is 0 Å². The molecule has 10 N–H and O–H groups in total. The maximum atomic E-state index is 13.8. The zero-order chi connectivity index (χ0) is 55.1. The Hall–Kier alpha value is -2.17. The number of benzene rings is 1. The van der Waals surface area contributed by atoms with E-state index < -0.39 is 82.1 Å². The summed E-state index contributed by atoms with van der Waals surface area (Å²) in [6.45, 7) is 5.36. The smallest absolute Gasteiger partial charge is 0.306 e. The summed E-state index contributed by atoms with van der Waals surface area (Å²) in [4.78, 5) is 13.1. The zero-order valence-electron chi connectivity index (χ0n) is 46.5. The van der Waals surface area contributed by atoms with Crippen LogP contribution in [0.2, 0.25) is 0 Å². The molecule has 5 bridgehead atoms. The van der Waals surface area contributed by atoms with Crippen LogP contribution in [0, 0.1) is 46.8 Å². The summed E-state index contributed by atoms with van der Waals surface area (Å²) < 4.78 is 32.6. The van der Waals surface area contributed by atoms with Crippen molar-refractivity contribution in [3.8, 4) is 11.5 Å². The van der Waals surface area contributed by atoms with E-state index in [2.05, 4.69) is 17.6 Å². The Morgan fingerprint density at radius 2 is 1.78 bits per heavy atom. The molecule has 4 saturated carbocycles. The molecule has 8 aliphatic rings. The molecule has 16 nitrogen and oxygen atoms in total. The van der Waals surface area contributed by atoms with E-state index >= 15 is 0 Å².